The van der Waals surface area contributed by atoms with Crippen molar-refractivity contribution in [1.29, 1.82) is 0 Å². The molecular formula is C37H77NO3S. The summed E-state index contributed by atoms with van der Waals surface area (Å²) < 4.78 is 36.9. The molecule has 0 bridgehead atoms. The summed E-state index contributed by atoms with van der Waals surface area (Å²) in [4.78, 5) is 0. The van der Waals surface area contributed by atoms with Crippen LogP contribution in [0.15, 0.2) is 0 Å². The predicted molar refractivity (Wildman–Crippen MR) is 185 cm³/mol. The van der Waals surface area contributed by atoms with E-state index in [4.69, 9.17) is 0 Å². The Morgan fingerprint density at radius 2 is 0.548 bits per heavy atom. The quantitative estimate of drug-likeness (QED) is 0.0405. The van der Waals surface area contributed by atoms with Crippen molar-refractivity contribution in [2.24, 2.45) is 0 Å². The molecule has 42 heavy (non-hydrogen) atoms. The Bertz CT molecular complexity index is 577. The molecule has 0 aromatic heterocycles. The number of nitrogens with zero attached hydrogens (tertiary/aromatic N) is 1. The summed E-state index contributed by atoms with van der Waals surface area (Å²) in [6.45, 7) is 9.41. The summed E-state index contributed by atoms with van der Waals surface area (Å²) in [6, 6.07) is 0. The van der Waals surface area contributed by atoms with E-state index in [2.05, 4.69) is 20.8 Å². The predicted octanol–water partition coefficient (Wildman–Crippen LogP) is 12.1. The molecule has 0 aromatic rings. The normalized spacial score (nSPS) is 12.4. The zero-order valence-electron chi connectivity index (χ0n) is 29.1. The lowest BCUT2D eigenvalue weighted by atomic mass is 10.0. The van der Waals surface area contributed by atoms with E-state index in [9.17, 15) is 13.0 Å². The molecule has 0 fully saturated rings. The lowest BCUT2D eigenvalue weighted by molar-refractivity contribution is -0.918. The van der Waals surface area contributed by atoms with E-state index >= 15 is 0 Å². The highest BCUT2D eigenvalue weighted by atomic mass is 32.2. The minimum atomic E-state index is -4.25. The molecule has 4 nitrogen and oxygen atoms in total. The van der Waals surface area contributed by atoms with Crippen LogP contribution in [0.3, 0.4) is 0 Å². The summed E-state index contributed by atoms with van der Waals surface area (Å²) in [5, 5.41) is 0. The maximum Gasteiger partial charge on any atom is 0.169 e. The maximum atomic E-state index is 12.1. The van der Waals surface area contributed by atoms with Gasteiger partial charge in [0.15, 0.2) is 5.88 Å². The van der Waals surface area contributed by atoms with Gasteiger partial charge in [-0.1, -0.05) is 175 Å². The van der Waals surface area contributed by atoms with Crippen LogP contribution in [0.25, 0.3) is 0 Å². The van der Waals surface area contributed by atoms with Gasteiger partial charge in [-0.25, -0.2) is 8.42 Å². The monoisotopic (exact) mass is 616 g/mol. The fourth-order valence-corrected chi connectivity index (χ4v) is 7.73. The van der Waals surface area contributed by atoms with E-state index in [-0.39, 0.29) is 5.88 Å². The van der Waals surface area contributed by atoms with Gasteiger partial charge in [0.1, 0.15) is 10.1 Å². The fraction of sp³-hybridized carbons (Fsp3) is 1.00. The van der Waals surface area contributed by atoms with Crippen molar-refractivity contribution in [2.75, 3.05) is 25.5 Å². The molecule has 0 radical (unpaired) electrons. The van der Waals surface area contributed by atoms with E-state index in [1.165, 1.54) is 173 Å². The minimum Gasteiger partial charge on any atom is -0.744 e. The van der Waals surface area contributed by atoms with Crippen LogP contribution in [0.5, 0.6) is 0 Å². The number of unbranched alkanes of at least 4 members (excludes halogenated alkanes) is 27. The van der Waals surface area contributed by atoms with Gasteiger partial charge >= 0.3 is 0 Å². The highest BCUT2D eigenvalue weighted by Gasteiger charge is 2.29. The molecule has 254 valence electrons. The maximum absolute atomic E-state index is 12.1. The molecule has 0 amide bonds. The first-order valence-electron chi connectivity index (χ1n) is 19.2. The van der Waals surface area contributed by atoms with E-state index in [0.717, 1.165) is 38.9 Å². The molecule has 0 spiro atoms. The third-order valence-corrected chi connectivity index (χ3v) is 10.3. The van der Waals surface area contributed by atoms with Gasteiger partial charge < -0.3 is 9.04 Å². The van der Waals surface area contributed by atoms with Crippen LogP contribution in [0.2, 0.25) is 0 Å². The second-order valence-corrected chi connectivity index (χ2v) is 15.1. The van der Waals surface area contributed by atoms with Crippen molar-refractivity contribution < 1.29 is 17.5 Å². The number of rotatable bonds is 35. The average Bonchev–Trinajstić information content (AvgIpc) is 2.95. The van der Waals surface area contributed by atoms with Crippen molar-refractivity contribution >= 4 is 10.1 Å². The molecule has 0 aliphatic rings. The van der Waals surface area contributed by atoms with Gasteiger partial charge in [-0.05, 0) is 38.5 Å². The molecule has 5 heteroatoms. The molecule has 0 aliphatic carbocycles. The first kappa shape index (κ1) is 41.9. The van der Waals surface area contributed by atoms with Gasteiger partial charge in [0.05, 0.1) is 19.6 Å². The summed E-state index contributed by atoms with van der Waals surface area (Å²) in [5.41, 5.74) is 0. The van der Waals surface area contributed by atoms with E-state index < -0.39 is 10.1 Å². The van der Waals surface area contributed by atoms with Gasteiger partial charge in [-0.2, -0.15) is 0 Å². The lowest BCUT2D eigenvalue weighted by Gasteiger charge is -2.39. The zero-order chi connectivity index (χ0) is 31.0. The fourth-order valence-electron chi connectivity index (χ4n) is 6.67. The zero-order valence-corrected chi connectivity index (χ0v) is 29.9. The van der Waals surface area contributed by atoms with Crippen molar-refractivity contribution in [2.45, 2.75) is 213 Å². The molecule has 0 atom stereocenters. The Morgan fingerprint density at radius 1 is 0.357 bits per heavy atom. The van der Waals surface area contributed by atoms with Crippen LogP contribution in [0, 0.1) is 0 Å². The van der Waals surface area contributed by atoms with Crippen LogP contribution in [-0.4, -0.2) is 43.0 Å². The Morgan fingerprint density at radius 3 is 0.738 bits per heavy atom. The standard InChI is InChI=1S/C37H77NO3S/c1-4-7-10-13-16-19-22-25-28-31-34-38(37-42(39,40)41,35-32-29-26-23-20-17-14-11-8-5-2)36-33-30-27-24-21-18-15-12-9-6-3/h4-37H2,1-3H3. The minimum absolute atomic E-state index is 0.195. The van der Waals surface area contributed by atoms with Crippen molar-refractivity contribution in [1.82, 2.24) is 0 Å². The molecular weight excluding hydrogens is 538 g/mol. The second-order valence-electron chi connectivity index (χ2n) is 13.7. The summed E-state index contributed by atoms with van der Waals surface area (Å²) >= 11 is 0. The first-order chi connectivity index (χ1) is 20.4. The van der Waals surface area contributed by atoms with Crippen LogP contribution in [0.1, 0.15) is 213 Å². The highest BCUT2D eigenvalue weighted by molar-refractivity contribution is 7.85. The second kappa shape index (κ2) is 30.9. The molecule has 0 N–H and O–H groups in total. The van der Waals surface area contributed by atoms with E-state index in [0.29, 0.717) is 4.48 Å². The molecule has 0 rings (SSSR count). The smallest absolute Gasteiger partial charge is 0.169 e. The van der Waals surface area contributed by atoms with Crippen molar-refractivity contribution in [3.63, 3.8) is 0 Å². The van der Waals surface area contributed by atoms with Crippen molar-refractivity contribution in [3.05, 3.63) is 0 Å². The number of quaternary nitrogens is 1. The SMILES string of the molecule is CCCCCCCCCCCC[N+](CCCCCCCCCCCC)(CCCCCCCCCCCC)CS(=O)(=O)[O-]. The Hall–Kier alpha value is -0.130. The molecule has 0 saturated heterocycles. The van der Waals surface area contributed by atoms with Crippen molar-refractivity contribution in [3.8, 4) is 0 Å². The third-order valence-electron chi connectivity index (χ3n) is 9.39. The molecule has 0 unspecified atom stereocenters. The van der Waals surface area contributed by atoms with Gasteiger partial charge in [0, 0.05) is 0 Å². The average molecular weight is 616 g/mol. The highest BCUT2D eigenvalue weighted by Crippen LogP contribution is 2.21. The van der Waals surface area contributed by atoms with Gasteiger partial charge in [-0.3, -0.25) is 0 Å². The lowest BCUT2D eigenvalue weighted by Crippen LogP contribution is -2.53. The van der Waals surface area contributed by atoms with Crippen LogP contribution >= 0.6 is 0 Å². The summed E-state index contributed by atoms with van der Waals surface area (Å²) in [7, 11) is -4.25. The van der Waals surface area contributed by atoms with Gasteiger partial charge in [0.2, 0.25) is 0 Å². The number of hydrogen-bond donors (Lipinski definition) is 0. The van der Waals surface area contributed by atoms with Gasteiger partial charge in [0.25, 0.3) is 0 Å². The van der Waals surface area contributed by atoms with Crippen LogP contribution in [-0.2, 0) is 10.1 Å². The summed E-state index contributed by atoms with van der Waals surface area (Å²) in [6.07, 6.45) is 38.6. The molecule has 0 heterocycles. The Kier molecular flexibility index (Phi) is 30.8. The Labute approximate surface area is 265 Å². The van der Waals surface area contributed by atoms with Gasteiger partial charge in [-0.15, -0.1) is 0 Å². The first-order valence-corrected chi connectivity index (χ1v) is 20.8. The number of hydrogen-bond acceptors (Lipinski definition) is 3. The largest absolute Gasteiger partial charge is 0.744 e. The molecule has 0 aliphatic heterocycles. The van der Waals surface area contributed by atoms with E-state index in [1.54, 1.807) is 0 Å². The third kappa shape index (κ3) is 29.9. The topological polar surface area (TPSA) is 57.2 Å². The Balaban J connectivity index is 4.67. The van der Waals surface area contributed by atoms with E-state index in [1.807, 2.05) is 0 Å². The summed E-state index contributed by atoms with van der Waals surface area (Å²) in [5.74, 6) is -0.195. The van der Waals surface area contributed by atoms with Crippen LogP contribution in [0.4, 0.5) is 0 Å². The van der Waals surface area contributed by atoms with Crippen LogP contribution < -0.4 is 0 Å². The molecule has 0 saturated carbocycles. The molecule has 0 aromatic carbocycles.